The normalized spacial score (nSPS) is 13.0. The van der Waals surface area contributed by atoms with E-state index in [0.717, 1.165) is 17.0 Å². The van der Waals surface area contributed by atoms with Crippen LogP contribution in [0, 0.1) is 0 Å². The SMILES string of the molecule is N/C=C\C=C\C(c1ccc(OCCO)cc1)c1ccc[nH]1. The number of ether oxygens (including phenoxy) is 1. The molecule has 1 atom stereocenters. The lowest BCUT2D eigenvalue weighted by Gasteiger charge is -2.13. The van der Waals surface area contributed by atoms with Crippen LogP contribution in [-0.4, -0.2) is 23.3 Å². The fourth-order valence-electron chi connectivity index (χ4n) is 2.11. The molecule has 4 N–H and O–H groups in total. The number of aromatic nitrogens is 1. The van der Waals surface area contributed by atoms with E-state index < -0.39 is 0 Å². The van der Waals surface area contributed by atoms with Crippen LogP contribution in [0.3, 0.4) is 0 Å². The number of nitrogens with two attached hydrogens (primary N) is 1. The number of H-pyrrole nitrogens is 1. The Morgan fingerprint density at radius 2 is 2.00 bits per heavy atom. The van der Waals surface area contributed by atoms with Crippen molar-refractivity contribution in [3.8, 4) is 5.75 Å². The Labute approximate surface area is 124 Å². The summed E-state index contributed by atoms with van der Waals surface area (Å²) in [6.45, 7) is 0.321. The van der Waals surface area contributed by atoms with Gasteiger partial charge in [0.25, 0.3) is 0 Å². The lowest BCUT2D eigenvalue weighted by atomic mass is 9.95. The van der Waals surface area contributed by atoms with Gasteiger partial charge in [0.05, 0.1) is 6.61 Å². The molecule has 0 saturated heterocycles. The summed E-state index contributed by atoms with van der Waals surface area (Å²) in [7, 11) is 0. The van der Waals surface area contributed by atoms with Crippen LogP contribution in [0.4, 0.5) is 0 Å². The Morgan fingerprint density at radius 1 is 1.19 bits per heavy atom. The Morgan fingerprint density at radius 3 is 2.62 bits per heavy atom. The number of allylic oxidation sites excluding steroid dienone is 3. The average Bonchev–Trinajstić information content (AvgIpc) is 3.04. The molecule has 0 fully saturated rings. The topological polar surface area (TPSA) is 71.3 Å². The molecule has 0 amide bonds. The van der Waals surface area contributed by atoms with Crippen molar-refractivity contribution in [1.82, 2.24) is 4.98 Å². The van der Waals surface area contributed by atoms with Crippen LogP contribution < -0.4 is 10.5 Å². The number of nitrogens with one attached hydrogen (secondary N) is 1. The molecule has 1 aromatic carbocycles. The van der Waals surface area contributed by atoms with E-state index in [1.54, 1.807) is 6.08 Å². The largest absolute Gasteiger partial charge is 0.491 e. The highest BCUT2D eigenvalue weighted by Crippen LogP contribution is 2.26. The summed E-state index contributed by atoms with van der Waals surface area (Å²) < 4.78 is 5.38. The highest BCUT2D eigenvalue weighted by Gasteiger charge is 2.11. The van der Waals surface area contributed by atoms with Gasteiger partial charge in [0.2, 0.25) is 0 Å². The molecule has 0 spiro atoms. The van der Waals surface area contributed by atoms with E-state index in [2.05, 4.69) is 17.1 Å². The molecule has 0 bridgehead atoms. The second-order valence-corrected chi connectivity index (χ2v) is 4.51. The number of benzene rings is 1. The molecule has 0 aliphatic heterocycles. The van der Waals surface area contributed by atoms with E-state index in [4.69, 9.17) is 15.6 Å². The van der Waals surface area contributed by atoms with Gasteiger partial charge in [-0.3, -0.25) is 0 Å². The molecule has 0 radical (unpaired) electrons. The van der Waals surface area contributed by atoms with Crippen LogP contribution in [0.5, 0.6) is 5.75 Å². The second kappa shape index (κ2) is 7.97. The molecule has 1 unspecified atom stereocenters. The van der Waals surface area contributed by atoms with Crippen molar-refractivity contribution in [2.75, 3.05) is 13.2 Å². The minimum absolute atomic E-state index is 0.0149. The maximum Gasteiger partial charge on any atom is 0.119 e. The first-order valence-corrected chi connectivity index (χ1v) is 6.87. The van der Waals surface area contributed by atoms with Gasteiger partial charge < -0.3 is 20.6 Å². The summed E-state index contributed by atoms with van der Waals surface area (Å²) in [6.07, 6.45) is 9.23. The van der Waals surface area contributed by atoms with Gasteiger partial charge in [0.1, 0.15) is 12.4 Å². The maximum atomic E-state index is 8.76. The van der Waals surface area contributed by atoms with Crippen LogP contribution in [-0.2, 0) is 0 Å². The minimum atomic E-state index is 0.0149. The average molecular weight is 284 g/mol. The number of hydrogen-bond donors (Lipinski definition) is 3. The van der Waals surface area contributed by atoms with E-state index in [-0.39, 0.29) is 12.5 Å². The van der Waals surface area contributed by atoms with Crippen LogP contribution in [0.15, 0.2) is 67.0 Å². The first kappa shape index (κ1) is 14.9. The van der Waals surface area contributed by atoms with Crippen molar-refractivity contribution >= 4 is 0 Å². The molecule has 110 valence electrons. The van der Waals surface area contributed by atoms with Gasteiger partial charge in [-0.2, -0.15) is 0 Å². The van der Waals surface area contributed by atoms with Crippen LogP contribution in [0.2, 0.25) is 0 Å². The first-order chi connectivity index (χ1) is 10.3. The molecular formula is C17H20N2O2. The predicted octanol–water partition coefficient (Wildman–Crippen LogP) is 2.55. The molecule has 2 rings (SSSR count). The molecule has 0 aliphatic carbocycles. The quantitative estimate of drug-likeness (QED) is 0.684. The van der Waals surface area contributed by atoms with Crippen LogP contribution in [0.1, 0.15) is 17.2 Å². The number of hydrogen-bond acceptors (Lipinski definition) is 3. The van der Waals surface area contributed by atoms with Crippen molar-refractivity contribution in [2.45, 2.75) is 5.92 Å². The van der Waals surface area contributed by atoms with E-state index in [1.807, 2.05) is 42.6 Å². The molecular weight excluding hydrogens is 264 g/mol. The summed E-state index contributed by atoms with van der Waals surface area (Å²) in [5, 5.41) is 8.76. The monoisotopic (exact) mass is 284 g/mol. The standard InChI is InChI=1S/C17H20N2O2/c18-10-2-1-4-16(17-5-3-11-19-17)14-6-8-15(9-7-14)21-13-12-20/h1-11,16,19-20H,12-13,18H2/b4-1+,10-2-. The van der Waals surface area contributed by atoms with Gasteiger partial charge in [-0.05, 0) is 42.1 Å². The maximum absolute atomic E-state index is 8.76. The summed E-state index contributed by atoms with van der Waals surface area (Å²) in [4.78, 5) is 3.24. The third-order valence-electron chi connectivity index (χ3n) is 3.08. The zero-order chi connectivity index (χ0) is 14.9. The van der Waals surface area contributed by atoms with Crippen molar-refractivity contribution in [3.05, 3.63) is 78.3 Å². The molecule has 21 heavy (non-hydrogen) atoms. The molecule has 1 heterocycles. The Bertz CT molecular complexity index is 571. The molecule has 4 nitrogen and oxygen atoms in total. The molecule has 0 saturated carbocycles. The van der Waals surface area contributed by atoms with E-state index in [9.17, 15) is 0 Å². The van der Waals surface area contributed by atoms with Gasteiger partial charge in [0.15, 0.2) is 0 Å². The number of aromatic amines is 1. The summed E-state index contributed by atoms with van der Waals surface area (Å²) in [6, 6.07) is 11.9. The second-order valence-electron chi connectivity index (χ2n) is 4.51. The Balaban J connectivity index is 2.20. The van der Waals surface area contributed by atoms with Gasteiger partial charge in [-0.15, -0.1) is 0 Å². The molecule has 1 aromatic heterocycles. The summed E-state index contributed by atoms with van der Waals surface area (Å²) >= 11 is 0. The third-order valence-corrected chi connectivity index (χ3v) is 3.08. The molecule has 4 heteroatoms. The third kappa shape index (κ3) is 4.26. The highest BCUT2D eigenvalue weighted by molar-refractivity contribution is 5.37. The summed E-state index contributed by atoms with van der Waals surface area (Å²) in [5.41, 5.74) is 7.62. The first-order valence-electron chi connectivity index (χ1n) is 6.87. The zero-order valence-corrected chi connectivity index (χ0v) is 11.8. The Hall–Kier alpha value is -2.46. The Kier molecular flexibility index (Phi) is 5.67. The van der Waals surface area contributed by atoms with Crippen molar-refractivity contribution in [3.63, 3.8) is 0 Å². The van der Waals surface area contributed by atoms with Crippen LogP contribution in [0.25, 0.3) is 0 Å². The fraction of sp³-hybridized carbons (Fsp3) is 0.176. The number of aliphatic hydroxyl groups excluding tert-OH is 1. The van der Waals surface area contributed by atoms with E-state index >= 15 is 0 Å². The van der Waals surface area contributed by atoms with Gasteiger partial charge in [-0.25, -0.2) is 0 Å². The fourth-order valence-corrected chi connectivity index (χ4v) is 2.11. The van der Waals surface area contributed by atoms with E-state index in [0.29, 0.717) is 6.61 Å². The van der Waals surface area contributed by atoms with Gasteiger partial charge in [-0.1, -0.05) is 24.3 Å². The molecule has 2 aromatic rings. The lowest BCUT2D eigenvalue weighted by molar-refractivity contribution is 0.201. The van der Waals surface area contributed by atoms with Gasteiger partial charge >= 0.3 is 0 Å². The van der Waals surface area contributed by atoms with Gasteiger partial charge in [0, 0.05) is 17.8 Å². The molecule has 0 aliphatic rings. The van der Waals surface area contributed by atoms with E-state index in [1.165, 1.54) is 6.20 Å². The van der Waals surface area contributed by atoms with Crippen molar-refractivity contribution in [2.24, 2.45) is 5.73 Å². The summed E-state index contributed by atoms with van der Waals surface area (Å²) in [5.74, 6) is 0.881. The minimum Gasteiger partial charge on any atom is -0.491 e. The number of aliphatic hydroxyl groups is 1. The lowest BCUT2D eigenvalue weighted by Crippen LogP contribution is -2.02. The van der Waals surface area contributed by atoms with Crippen molar-refractivity contribution < 1.29 is 9.84 Å². The zero-order valence-electron chi connectivity index (χ0n) is 11.8. The smallest absolute Gasteiger partial charge is 0.119 e. The highest BCUT2D eigenvalue weighted by atomic mass is 16.5. The number of rotatable bonds is 7. The predicted molar refractivity (Wildman–Crippen MR) is 84.1 cm³/mol. The van der Waals surface area contributed by atoms with Crippen molar-refractivity contribution in [1.29, 1.82) is 0 Å². The van der Waals surface area contributed by atoms with Crippen LogP contribution >= 0.6 is 0 Å².